The van der Waals surface area contributed by atoms with Crippen LogP contribution >= 0.6 is 0 Å². The highest BCUT2D eigenvalue weighted by Crippen LogP contribution is 2.19. The average Bonchev–Trinajstić information content (AvgIpc) is 2.92. The summed E-state index contributed by atoms with van der Waals surface area (Å²) in [6, 6.07) is 2.17. The first kappa shape index (κ1) is 17.4. The highest BCUT2D eigenvalue weighted by atomic mass is 32.2. The summed E-state index contributed by atoms with van der Waals surface area (Å²) >= 11 is 0. The Morgan fingerprint density at radius 3 is 2.91 bits per heavy atom. The third-order valence-corrected chi connectivity index (χ3v) is 4.72. The van der Waals surface area contributed by atoms with Gasteiger partial charge < -0.3 is 5.11 Å². The fourth-order valence-corrected chi connectivity index (χ4v) is 3.48. The molecule has 1 aliphatic rings. The molecule has 7 nitrogen and oxygen atoms in total. The summed E-state index contributed by atoms with van der Waals surface area (Å²) in [5.74, 6) is 0. The molecule has 2 heterocycles. The van der Waals surface area contributed by atoms with Gasteiger partial charge in [0.15, 0.2) is 0 Å². The molecule has 0 unspecified atom stereocenters. The number of aliphatic hydroxyl groups is 1. The Morgan fingerprint density at radius 1 is 1.41 bits per heavy atom. The minimum Gasteiger partial charge on any atom is -0.390 e. The Hall–Kier alpha value is -0.960. The van der Waals surface area contributed by atoms with Crippen molar-refractivity contribution in [1.29, 1.82) is 0 Å². The van der Waals surface area contributed by atoms with Crippen LogP contribution in [-0.2, 0) is 16.6 Å². The van der Waals surface area contributed by atoms with Crippen molar-refractivity contribution < 1.29 is 13.5 Å². The summed E-state index contributed by atoms with van der Waals surface area (Å²) in [6.45, 7) is 2.50. The number of β-amino-alcohol motifs (C(OH)–C–C–N with tert-alkyl or cyclic N) is 1. The van der Waals surface area contributed by atoms with E-state index in [1.165, 1.54) is 6.26 Å². The lowest BCUT2D eigenvalue weighted by molar-refractivity contribution is 0.0541. The number of hydrogen-bond acceptors (Lipinski definition) is 5. The molecule has 126 valence electrons. The summed E-state index contributed by atoms with van der Waals surface area (Å²) in [5.41, 5.74) is 0. The van der Waals surface area contributed by atoms with E-state index in [0.717, 1.165) is 32.2 Å². The molecule has 0 aromatic carbocycles. The first-order valence-corrected chi connectivity index (χ1v) is 9.67. The number of aromatic nitrogens is 2. The van der Waals surface area contributed by atoms with Crippen LogP contribution in [0.4, 0.5) is 0 Å². The molecule has 1 saturated heterocycles. The Balaban J connectivity index is 1.81. The summed E-state index contributed by atoms with van der Waals surface area (Å²) in [4.78, 5) is 2.28. The van der Waals surface area contributed by atoms with Gasteiger partial charge in [-0.1, -0.05) is 6.42 Å². The van der Waals surface area contributed by atoms with Crippen molar-refractivity contribution in [1.82, 2.24) is 19.4 Å². The van der Waals surface area contributed by atoms with E-state index in [2.05, 4.69) is 14.7 Å². The maximum Gasteiger partial charge on any atom is 0.208 e. The monoisotopic (exact) mass is 330 g/mol. The predicted molar refractivity (Wildman–Crippen MR) is 84.9 cm³/mol. The number of likely N-dealkylation sites (tertiary alicyclic amines) is 1. The third kappa shape index (κ3) is 6.04. The lowest BCUT2D eigenvalue weighted by Crippen LogP contribution is -2.45. The second kappa shape index (κ2) is 8.05. The molecule has 2 rings (SSSR count). The van der Waals surface area contributed by atoms with Gasteiger partial charge in [0.05, 0.1) is 18.9 Å². The zero-order chi connectivity index (χ0) is 16.0. The molecule has 0 aliphatic carbocycles. The second-order valence-corrected chi connectivity index (χ2v) is 7.81. The molecular formula is C14H26N4O3S. The van der Waals surface area contributed by atoms with E-state index in [-0.39, 0.29) is 0 Å². The lowest BCUT2D eigenvalue weighted by Gasteiger charge is -2.37. The van der Waals surface area contributed by atoms with Crippen LogP contribution in [-0.4, -0.2) is 66.2 Å². The van der Waals surface area contributed by atoms with Crippen molar-refractivity contribution in [3.63, 3.8) is 0 Å². The molecule has 1 fully saturated rings. The largest absolute Gasteiger partial charge is 0.390 e. The number of nitrogens with zero attached hydrogens (tertiary/aromatic N) is 3. The van der Waals surface area contributed by atoms with Gasteiger partial charge in [-0.2, -0.15) is 5.10 Å². The number of piperidine rings is 1. The maximum atomic E-state index is 11.1. The number of hydrogen-bond donors (Lipinski definition) is 2. The van der Waals surface area contributed by atoms with Crippen molar-refractivity contribution in [2.75, 3.05) is 25.9 Å². The van der Waals surface area contributed by atoms with E-state index in [1.807, 2.05) is 12.3 Å². The minimum absolute atomic E-state index is 0.329. The lowest BCUT2D eigenvalue weighted by atomic mass is 9.99. The molecule has 2 N–H and O–H groups in total. The van der Waals surface area contributed by atoms with Gasteiger partial charge >= 0.3 is 0 Å². The molecule has 1 aromatic rings. The molecule has 0 saturated carbocycles. The van der Waals surface area contributed by atoms with Crippen molar-refractivity contribution in [3.05, 3.63) is 18.5 Å². The van der Waals surface area contributed by atoms with Gasteiger partial charge in [-0.05, 0) is 31.9 Å². The Kier molecular flexibility index (Phi) is 6.37. The number of rotatable bonds is 8. The number of aliphatic hydroxyl groups excluding tert-OH is 1. The van der Waals surface area contributed by atoms with E-state index in [1.54, 1.807) is 10.9 Å². The Morgan fingerprint density at radius 2 is 2.23 bits per heavy atom. The molecule has 2 atom stereocenters. The molecule has 0 amide bonds. The van der Waals surface area contributed by atoms with Crippen molar-refractivity contribution >= 4 is 10.0 Å². The average molecular weight is 330 g/mol. The van der Waals surface area contributed by atoms with Crippen LogP contribution in [0.15, 0.2) is 18.5 Å². The van der Waals surface area contributed by atoms with Crippen LogP contribution in [0.25, 0.3) is 0 Å². The number of nitrogens with one attached hydrogen (secondary N) is 1. The Labute approximate surface area is 132 Å². The van der Waals surface area contributed by atoms with Crippen LogP contribution < -0.4 is 4.72 Å². The van der Waals surface area contributed by atoms with Crippen LogP contribution in [0.3, 0.4) is 0 Å². The van der Waals surface area contributed by atoms with Gasteiger partial charge in [0, 0.05) is 31.5 Å². The van der Waals surface area contributed by atoms with Gasteiger partial charge in [0.25, 0.3) is 0 Å². The molecule has 0 radical (unpaired) electrons. The fourth-order valence-electron chi connectivity index (χ4n) is 2.99. The normalized spacial score (nSPS) is 21.8. The van der Waals surface area contributed by atoms with Gasteiger partial charge in [-0.25, -0.2) is 13.1 Å². The molecule has 8 heteroatoms. The topological polar surface area (TPSA) is 87.5 Å². The van der Waals surface area contributed by atoms with E-state index in [4.69, 9.17) is 0 Å². The van der Waals surface area contributed by atoms with E-state index in [0.29, 0.717) is 25.7 Å². The molecule has 0 spiro atoms. The first-order chi connectivity index (χ1) is 10.4. The first-order valence-electron chi connectivity index (χ1n) is 7.78. The zero-order valence-electron chi connectivity index (χ0n) is 13.1. The quantitative estimate of drug-likeness (QED) is 0.703. The van der Waals surface area contributed by atoms with Gasteiger partial charge in [-0.15, -0.1) is 0 Å². The minimum atomic E-state index is -3.13. The van der Waals surface area contributed by atoms with E-state index in [9.17, 15) is 13.5 Å². The highest BCUT2D eigenvalue weighted by Gasteiger charge is 2.24. The third-order valence-electron chi connectivity index (χ3n) is 3.99. The second-order valence-electron chi connectivity index (χ2n) is 5.98. The summed E-state index contributed by atoms with van der Waals surface area (Å²) < 4.78 is 26.6. The Bertz CT molecular complexity index is 532. The van der Waals surface area contributed by atoms with Crippen LogP contribution in [0.5, 0.6) is 0 Å². The van der Waals surface area contributed by atoms with Gasteiger partial charge in [0.2, 0.25) is 10.0 Å². The zero-order valence-corrected chi connectivity index (χ0v) is 13.9. The van der Waals surface area contributed by atoms with E-state index < -0.39 is 16.1 Å². The molecular weight excluding hydrogens is 304 g/mol. The van der Waals surface area contributed by atoms with Gasteiger partial charge in [0.1, 0.15) is 0 Å². The maximum absolute atomic E-state index is 11.1. The van der Waals surface area contributed by atoms with Crippen molar-refractivity contribution in [2.24, 2.45) is 0 Å². The molecule has 22 heavy (non-hydrogen) atoms. The van der Waals surface area contributed by atoms with Crippen LogP contribution in [0.2, 0.25) is 0 Å². The highest BCUT2D eigenvalue weighted by molar-refractivity contribution is 7.88. The SMILES string of the molecule is CS(=O)(=O)NCC[C@H]1CCCCN1C[C@@H](O)Cn1cccn1. The number of sulfonamides is 1. The van der Waals surface area contributed by atoms with Crippen LogP contribution in [0, 0.1) is 0 Å². The standard InChI is InChI=1S/C14H26N4O3S/c1-22(20,21)16-8-6-13-5-2-3-9-17(13)11-14(19)12-18-10-4-7-15-18/h4,7,10,13-14,16,19H,2-3,5-6,8-9,11-12H2,1H3/t13-,14-/m1/s1. The molecule has 1 aliphatic heterocycles. The molecule has 1 aromatic heterocycles. The fraction of sp³-hybridized carbons (Fsp3) is 0.786. The van der Waals surface area contributed by atoms with Crippen molar-refractivity contribution in [3.8, 4) is 0 Å². The summed E-state index contributed by atoms with van der Waals surface area (Å²) in [6.07, 6.45) is 8.38. The molecule has 0 bridgehead atoms. The van der Waals surface area contributed by atoms with Crippen LogP contribution in [0.1, 0.15) is 25.7 Å². The predicted octanol–water partition coefficient (Wildman–Crippen LogP) is 0.0378. The summed E-state index contributed by atoms with van der Waals surface area (Å²) in [5, 5.41) is 14.3. The van der Waals surface area contributed by atoms with E-state index >= 15 is 0 Å². The van der Waals surface area contributed by atoms with Gasteiger partial charge in [-0.3, -0.25) is 9.58 Å². The summed E-state index contributed by atoms with van der Waals surface area (Å²) in [7, 11) is -3.13. The smallest absolute Gasteiger partial charge is 0.208 e. The van der Waals surface area contributed by atoms with Crippen molar-refractivity contribution in [2.45, 2.75) is 44.4 Å².